The second kappa shape index (κ2) is 9.22. The number of likely N-dealkylation sites (tertiary alicyclic amines) is 1. The molecule has 3 nitrogen and oxygen atoms in total. The largest absolute Gasteiger partial charge is 0.494 e. The maximum absolute atomic E-state index is 8.87. The summed E-state index contributed by atoms with van der Waals surface area (Å²) in [5.74, 6) is 0.909. The lowest BCUT2D eigenvalue weighted by Gasteiger charge is -2.23. The Labute approximate surface area is 156 Å². The van der Waals surface area contributed by atoms with Crippen LogP contribution in [0.3, 0.4) is 0 Å². The molecule has 1 unspecified atom stereocenters. The molecule has 2 aromatic rings. The summed E-state index contributed by atoms with van der Waals surface area (Å²) in [5, 5.41) is 8.87. The Balaban J connectivity index is 1.45. The zero-order valence-corrected chi connectivity index (χ0v) is 15.2. The van der Waals surface area contributed by atoms with Crippen LogP contribution in [0, 0.1) is 11.3 Å². The summed E-state index contributed by atoms with van der Waals surface area (Å²) in [6.45, 7) is 6.92. The first kappa shape index (κ1) is 18.2. The molecule has 1 heterocycles. The van der Waals surface area contributed by atoms with E-state index >= 15 is 0 Å². The van der Waals surface area contributed by atoms with Crippen LogP contribution >= 0.6 is 0 Å². The summed E-state index contributed by atoms with van der Waals surface area (Å²) in [6, 6.07) is 18.6. The fraction of sp³-hybridized carbons (Fsp3) is 0.348. The predicted octanol–water partition coefficient (Wildman–Crippen LogP) is 5.03. The van der Waals surface area contributed by atoms with E-state index in [2.05, 4.69) is 29.7 Å². The average Bonchev–Trinajstić information content (AvgIpc) is 3.13. The molecule has 1 aliphatic heterocycles. The van der Waals surface area contributed by atoms with E-state index in [9.17, 15) is 0 Å². The van der Waals surface area contributed by atoms with Gasteiger partial charge in [-0.05, 0) is 67.6 Å². The third-order valence-electron chi connectivity index (χ3n) is 5.00. The molecule has 0 N–H and O–H groups in total. The fourth-order valence-corrected chi connectivity index (χ4v) is 3.59. The number of nitrogens with zero attached hydrogens (tertiary/aromatic N) is 2. The van der Waals surface area contributed by atoms with Gasteiger partial charge < -0.3 is 4.74 Å². The van der Waals surface area contributed by atoms with E-state index in [0.29, 0.717) is 11.6 Å². The molecular weight excluding hydrogens is 320 g/mol. The highest BCUT2D eigenvalue weighted by atomic mass is 16.5. The van der Waals surface area contributed by atoms with E-state index in [1.165, 1.54) is 19.4 Å². The molecule has 0 saturated carbocycles. The van der Waals surface area contributed by atoms with Crippen LogP contribution in [0.25, 0.3) is 11.1 Å². The first-order valence-corrected chi connectivity index (χ1v) is 9.38. The lowest BCUT2D eigenvalue weighted by atomic mass is 10.0. The van der Waals surface area contributed by atoms with Crippen molar-refractivity contribution in [3.63, 3.8) is 0 Å². The van der Waals surface area contributed by atoms with Crippen LogP contribution in [0.1, 0.15) is 31.2 Å². The summed E-state index contributed by atoms with van der Waals surface area (Å²) in [5.41, 5.74) is 2.92. The van der Waals surface area contributed by atoms with Crippen molar-refractivity contribution in [1.29, 1.82) is 5.26 Å². The monoisotopic (exact) mass is 346 g/mol. The zero-order valence-electron chi connectivity index (χ0n) is 15.2. The lowest BCUT2D eigenvalue weighted by molar-refractivity contribution is 0.222. The number of hydrogen-bond donors (Lipinski definition) is 0. The van der Waals surface area contributed by atoms with Crippen molar-refractivity contribution < 1.29 is 4.74 Å². The molecular formula is C23H26N2O. The van der Waals surface area contributed by atoms with Crippen LogP contribution in [0.5, 0.6) is 5.75 Å². The van der Waals surface area contributed by atoms with Crippen molar-refractivity contribution >= 4 is 0 Å². The molecule has 2 aromatic carbocycles. The summed E-state index contributed by atoms with van der Waals surface area (Å²) in [7, 11) is 0. The van der Waals surface area contributed by atoms with E-state index in [1.54, 1.807) is 0 Å². The molecule has 1 fully saturated rings. The fourth-order valence-electron chi connectivity index (χ4n) is 3.59. The van der Waals surface area contributed by atoms with Gasteiger partial charge >= 0.3 is 0 Å². The molecule has 0 spiro atoms. The highest BCUT2D eigenvalue weighted by Gasteiger charge is 2.22. The number of benzene rings is 2. The summed E-state index contributed by atoms with van der Waals surface area (Å²) < 4.78 is 5.90. The van der Waals surface area contributed by atoms with Crippen molar-refractivity contribution in [3.8, 4) is 22.9 Å². The van der Waals surface area contributed by atoms with Crippen molar-refractivity contribution in [2.75, 3.05) is 19.7 Å². The summed E-state index contributed by atoms with van der Waals surface area (Å²) in [6.07, 6.45) is 6.78. The van der Waals surface area contributed by atoms with Gasteiger partial charge in [-0.15, -0.1) is 6.58 Å². The van der Waals surface area contributed by atoms with E-state index in [-0.39, 0.29) is 0 Å². The summed E-state index contributed by atoms with van der Waals surface area (Å²) in [4.78, 5) is 2.57. The quantitative estimate of drug-likeness (QED) is 0.496. The van der Waals surface area contributed by atoms with Gasteiger partial charge in [0.05, 0.1) is 18.2 Å². The van der Waals surface area contributed by atoms with Crippen molar-refractivity contribution in [3.05, 3.63) is 66.7 Å². The number of nitriles is 1. The highest BCUT2D eigenvalue weighted by molar-refractivity contribution is 5.64. The van der Waals surface area contributed by atoms with Gasteiger partial charge in [0.25, 0.3) is 0 Å². The van der Waals surface area contributed by atoms with Crippen LogP contribution in [-0.2, 0) is 0 Å². The maximum Gasteiger partial charge on any atom is 0.119 e. The zero-order chi connectivity index (χ0) is 18.2. The first-order valence-electron chi connectivity index (χ1n) is 9.38. The van der Waals surface area contributed by atoms with Gasteiger partial charge in [0.1, 0.15) is 5.75 Å². The van der Waals surface area contributed by atoms with E-state index in [1.807, 2.05) is 42.5 Å². The highest BCUT2D eigenvalue weighted by Crippen LogP contribution is 2.23. The molecule has 1 saturated heterocycles. The molecule has 1 atom stereocenters. The van der Waals surface area contributed by atoms with Gasteiger partial charge in [-0.25, -0.2) is 0 Å². The molecule has 0 aliphatic carbocycles. The first-order chi connectivity index (χ1) is 12.8. The minimum Gasteiger partial charge on any atom is -0.494 e. The Kier molecular flexibility index (Phi) is 6.46. The smallest absolute Gasteiger partial charge is 0.119 e. The third kappa shape index (κ3) is 4.74. The predicted molar refractivity (Wildman–Crippen MR) is 106 cm³/mol. The van der Waals surface area contributed by atoms with Gasteiger partial charge in [-0.3, -0.25) is 4.90 Å². The van der Waals surface area contributed by atoms with Crippen LogP contribution < -0.4 is 4.74 Å². The molecule has 0 radical (unpaired) electrons. The Morgan fingerprint density at radius 1 is 1.12 bits per heavy atom. The molecule has 0 amide bonds. The average molecular weight is 346 g/mol. The minimum absolute atomic E-state index is 0.680. The second-order valence-corrected chi connectivity index (χ2v) is 6.77. The standard InChI is InChI=1S/C23H26N2O/c1-2-5-22-6-3-15-25(22)16-4-17-26-23-13-11-21(12-14-23)20-9-7-19(18-24)8-10-20/h2,7-14,22H,1,3-6,15-17H2. The van der Waals surface area contributed by atoms with Gasteiger partial charge in [-0.1, -0.05) is 30.3 Å². The van der Waals surface area contributed by atoms with Crippen molar-refractivity contribution in [2.45, 2.75) is 31.7 Å². The molecule has 0 aromatic heterocycles. The molecule has 3 heteroatoms. The van der Waals surface area contributed by atoms with Crippen LogP contribution in [0.15, 0.2) is 61.2 Å². The number of rotatable bonds is 8. The Bertz CT molecular complexity index is 743. The topological polar surface area (TPSA) is 36.3 Å². The van der Waals surface area contributed by atoms with Crippen LogP contribution in [0.2, 0.25) is 0 Å². The van der Waals surface area contributed by atoms with Gasteiger partial charge in [0, 0.05) is 12.6 Å². The molecule has 26 heavy (non-hydrogen) atoms. The SMILES string of the molecule is C=CCC1CCCN1CCCOc1ccc(-c2ccc(C#N)cc2)cc1. The molecule has 3 rings (SSSR count). The molecule has 134 valence electrons. The minimum atomic E-state index is 0.680. The maximum atomic E-state index is 8.87. The van der Waals surface area contributed by atoms with Gasteiger partial charge in [-0.2, -0.15) is 5.26 Å². The number of hydrogen-bond acceptors (Lipinski definition) is 3. The van der Waals surface area contributed by atoms with Crippen molar-refractivity contribution in [2.24, 2.45) is 0 Å². The number of ether oxygens (including phenoxy) is 1. The lowest BCUT2D eigenvalue weighted by Crippen LogP contribution is -2.30. The molecule has 1 aliphatic rings. The van der Waals surface area contributed by atoms with E-state index in [4.69, 9.17) is 10.00 Å². The van der Waals surface area contributed by atoms with Crippen molar-refractivity contribution in [1.82, 2.24) is 4.90 Å². The van der Waals surface area contributed by atoms with Gasteiger partial charge in [0.2, 0.25) is 0 Å². The Morgan fingerprint density at radius 3 is 2.46 bits per heavy atom. The normalized spacial score (nSPS) is 17.0. The summed E-state index contributed by atoms with van der Waals surface area (Å²) >= 11 is 0. The van der Waals surface area contributed by atoms with Crippen LogP contribution in [0.4, 0.5) is 0 Å². The third-order valence-corrected chi connectivity index (χ3v) is 5.00. The van der Waals surface area contributed by atoms with E-state index in [0.717, 1.165) is 42.9 Å². The van der Waals surface area contributed by atoms with Gasteiger partial charge in [0.15, 0.2) is 0 Å². The second-order valence-electron chi connectivity index (χ2n) is 6.77. The Morgan fingerprint density at radius 2 is 1.81 bits per heavy atom. The van der Waals surface area contributed by atoms with Crippen LogP contribution in [-0.4, -0.2) is 30.6 Å². The molecule has 0 bridgehead atoms. The van der Waals surface area contributed by atoms with E-state index < -0.39 is 0 Å². The Hall–Kier alpha value is -2.57.